The molecule has 2 aromatic rings. The number of rotatable bonds is 4. The molecule has 0 saturated carbocycles. The molecule has 0 aliphatic carbocycles. The lowest BCUT2D eigenvalue weighted by atomic mass is 10.1. The van der Waals surface area contributed by atoms with E-state index in [0.717, 1.165) is 31.3 Å². The topological polar surface area (TPSA) is 69.7 Å². The molecule has 6 heteroatoms. The van der Waals surface area contributed by atoms with E-state index in [-0.39, 0.29) is 0 Å². The zero-order chi connectivity index (χ0) is 13.8. The molecule has 0 unspecified atom stereocenters. The van der Waals surface area contributed by atoms with Gasteiger partial charge in [0, 0.05) is 49.3 Å². The summed E-state index contributed by atoms with van der Waals surface area (Å²) in [6.45, 7) is 4.90. The second-order valence-electron chi connectivity index (χ2n) is 5.24. The summed E-state index contributed by atoms with van der Waals surface area (Å²) in [5.74, 6) is 0.832. The van der Waals surface area contributed by atoms with Crippen molar-refractivity contribution < 1.29 is 0 Å². The number of H-pyrrole nitrogens is 1. The van der Waals surface area contributed by atoms with E-state index in [4.69, 9.17) is 0 Å². The van der Waals surface area contributed by atoms with Gasteiger partial charge < -0.3 is 10.2 Å². The average molecular weight is 272 g/mol. The standard InChI is InChI=1S/C14H20N6/c1-11-12(9-18-19-11)8-17-13-4-2-7-20(10-13)14-15-5-3-6-16-14/h3,5-6,9,13,17H,2,4,7-8,10H2,1H3,(H,18,19)/t13-/m1/s1. The van der Waals surface area contributed by atoms with Crippen LogP contribution in [0.3, 0.4) is 0 Å². The summed E-state index contributed by atoms with van der Waals surface area (Å²) in [6, 6.07) is 2.33. The van der Waals surface area contributed by atoms with E-state index in [0.29, 0.717) is 6.04 Å². The van der Waals surface area contributed by atoms with Crippen LogP contribution in [0.15, 0.2) is 24.7 Å². The second-order valence-corrected chi connectivity index (χ2v) is 5.24. The lowest BCUT2D eigenvalue weighted by Crippen LogP contribution is -2.46. The van der Waals surface area contributed by atoms with E-state index >= 15 is 0 Å². The Morgan fingerprint density at radius 3 is 3.00 bits per heavy atom. The van der Waals surface area contributed by atoms with Crippen LogP contribution in [0.4, 0.5) is 5.95 Å². The number of piperidine rings is 1. The van der Waals surface area contributed by atoms with Gasteiger partial charge in [0.15, 0.2) is 0 Å². The highest BCUT2D eigenvalue weighted by atomic mass is 15.3. The Labute approximate surface area is 118 Å². The highest BCUT2D eigenvalue weighted by Gasteiger charge is 2.21. The van der Waals surface area contributed by atoms with Crippen LogP contribution in [0.25, 0.3) is 0 Å². The maximum absolute atomic E-state index is 4.33. The first-order chi connectivity index (χ1) is 9.83. The summed E-state index contributed by atoms with van der Waals surface area (Å²) in [4.78, 5) is 10.9. The Balaban J connectivity index is 1.57. The van der Waals surface area contributed by atoms with Crippen LogP contribution >= 0.6 is 0 Å². The average Bonchev–Trinajstić information content (AvgIpc) is 2.92. The Kier molecular flexibility index (Phi) is 3.92. The molecule has 0 spiro atoms. The van der Waals surface area contributed by atoms with E-state index in [1.807, 2.05) is 12.3 Å². The smallest absolute Gasteiger partial charge is 0.225 e. The SMILES string of the molecule is Cc1[nH]ncc1CN[C@@H]1CCCN(c2ncccn2)C1. The summed E-state index contributed by atoms with van der Waals surface area (Å²) < 4.78 is 0. The van der Waals surface area contributed by atoms with Crippen molar-refractivity contribution in [3.63, 3.8) is 0 Å². The van der Waals surface area contributed by atoms with Crippen molar-refractivity contribution in [2.75, 3.05) is 18.0 Å². The second kappa shape index (κ2) is 6.00. The van der Waals surface area contributed by atoms with Gasteiger partial charge in [-0.15, -0.1) is 0 Å². The lowest BCUT2D eigenvalue weighted by molar-refractivity contribution is 0.418. The fourth-order valence-electron chi connectivity index (χ4n) is 2.59. The Morgan fingerprint density at radius 2 is 2.25 bits per heavy atom. The molecule has 3 rings (SSSR count). The fourth-order valence-corrected chi connectivity index (χ4v) is 2.59. The van der Waals surface area contributed by atoms with Crippen molar-refractivity contribution in [1.82, 2.24) is 25.5 Å². The molecule has 0 aromatic carbocycles. The van der Waals surface area contributed by atoms with E-state index in [1.165, 1.54) is 18.4 Å². The Morgan fingerprint density at radius 1 is 1.40 bits per heavy atom. The number of hydrogen-bond donors (Lipinski definition) is 2. The van der Waals surface area contributed by atoms with Gasteiger partial charge in [-0.3, -0.25) is 5.10 Å². The zero-order valence-electron chi connectivity index (χ0n) is 11.7. The van der Waals surface area contributed by atoms with E-state index in [1.54, 1.807) is 12.4 Å². The minimum Gasteiger partial charge on any atom is -0.339 e. The molecule has 1 aliphatic rings. The van der Waals surface area contributed by atoms with Crippen LogP contribution in [0.2, 0.25) is 0 Å². The summed E-state index contributed by atoms with van der Waals surface area (Å²) in [5, 5.41) is 10.6. The van der Waals surface area contributed by atoms with Crippen molar-refractivity contribution in [2.45, 2.75) is 32.4 Å². The minimum absolute atomic E-state index is 0.474. The number of anilines is 1. The quantitative estimate of drug-likeness (QED) is 0.877. The van der Waals surface area contributed by atoms with E-state index in [9.17, 15) is 0 Å². The lowest BCUT2D eigenvalue weighted by Gasteiger charge is -2.33. The largest absolute Gasteiger partial charge is 0.339 e. The number of nitrogens with zero attached hydrogens (tertiary/aromatic N) is 4. The predicted octanol–water partition coefficient (Wildman–Crippen LogP) is 1.27. The van der Waals surface area contributed by atoms with E-state index < -0.39 is 0 Å². The number of nitrogens with one attached hydrogen (secondary N) is 2. The van der Waals surface area contributed by atoms with Gasteiger partial charge in [0.1, 0.15) is 0 Å². The third kappa shape index (κ3) is 2.96. The molecule has 0 amide bonds. The van der Waals surface area contributed by atoms with Crippen molar-refractivity contribution in [3.05, 3.63) is 35.9 Å². The summed E-state index contributed by atoms with van der Waals surface area (Å²) in [7, 11) is 0. The van der Waals surface area contributed by atoms with Crippen LogP contribution in [0, 0.1) is 6.92 Å². The van der Waals surface area contributed by atoms with Crippen LogP contribution in [-0.4, -0.2) is 39.3 Å². The molecule has 1 saturated heterocycles. The summed E-state index contributed by atoms with van der Waals surface area (Å²) in [5.41, 5.74) is 2.37. The van der Waals surface area contributed by atoms with Crippen molar-refractivity contribution >= 4 is 5.95 Å². The van der Waals surface area contributed by atoms with Gasteiger partial charge in [-0.05, 0) is 25.8 Å². The molecule has 2 aromatic heterocycles. The third-order valence-corrected chi connectivity index (χ3v) is 3.77. The summed E-state index contributed by atoms with van der Waals surface area (Å²) in [6.07, 6.45) is 7.85. The zero-order valence-corrected chi connectivity index (χ0v) is 11.7. The monoisotopic (exact) mass is 272 g/mol. The van der Waals surface area contributed by atoms with Gasteiger partial charge in [0.2, 0.25) is 5.95 Å². The normalized spacial score (nSPS) is 19.2. The molecule has 106 valence electrons. The van der Waals surface area contributed by atoms with Crippen LogP contribution < -0.4 is 10.2 Å². The Hall–Kier alpha value is -1.95. The Bertz CT molecular complexity index is 538. The molecule has 1 aliphatic heterocycles. The molecular weight excluding hydrogens is 252 g/mol. The molecule has 0 radical (unpaired) electrons. The first-order valence-corrected chi connectivity index (χ1v) is 7.07. The first-order valence-electron chi connectivity index (χ1n) is 7.07. The predicted molar refractivity (Wildman–Crippen MR) is 77.4 cm³/mol. The van der Waals surface area contributed by atoms with Crippen molar-refractivity contribution in [3.8, 4) is 0 Å². The molecule has 1 fully saturated rings. The van der Waals surface area contributed by atoms with Gasteiger partial charge in [0.05, 0.1) is 6.20 Å². The van der Waals surface area contributed by atoms with Gasteiger partial charge in [-0.25, -0.2) is 9.97 Å². The molecule has 0 bridgehead atoms. The highest BCUT2D eigenvalue weighted by Crippen LogP contribution is 2.15. The molecular formula is C14H20N6. The third-order valence-electron chi connectivity index (χ3n) is 3.77. The van der Waals surface area contributed by atoms with Gasteiger partial charge in [0.25, 0.3) is 0 Å². The number of aromatic nitrogens is 4. The van der Waals surface area contributed by atoms with E-state index in [2.05, 4.69) is 37.3 Å². The maximum Gasteiger partial charge on any atom is 0.225 e. The van der Waals surface area contributed by atoms with Crippen LogP contribution in [-0.2, 0) is 6.54 Å². The number of aromatic amines is 1. The highest BCUT2D eigenvalue weighted by molar-refractivity contribution is 5.29. The number of aryl methyl sites for hydroxylation is 1. The molecule has 20 heavy (non-hydrogen) atoms. The van der Waals surface area contributed by atoms with Gasteiger partial charge >= 0.3 is 0 Å². The minimum atomic E-state index is 0.474. The molecule has 2 N–H and O–H groups in total. The first kappa shape index (κ1) is 13.1. The summed E-state index contributed by atoms with van der Waals surface area (Å²) >= 11 is 0. The fraction of sp³-hybridized carbons (Fsp3) is 0.500. The van der Waals surface area contributed by atoms with Crippen molar-refractivity contribution in [2.24, 2.45) is 0 Å². The van der Waals surface area contributed by atoms with Crippen molar-refractivity contribution in [1.29, 1.82) is 0 Å². The van der Waals surface area contributed by atoms with Crippen LogP contribution in [0.1, 0.15) is 24.1 Å². The van der Waals surface area contributed by atoms with Gasteiger partial charge in [-0.1, -0.05) is 0 Å². The maximum atomic E-state index is 4.33. The molecule has 6 nitrogen and oxygen atoms in total. The molecule has 3 heterocycles. The molecule has 1 atom stereocenters. The van der Waals surface area contributed by atoms with Gasteiger partial charge in [-0.2, -0.15) is 5.10 Å². The van der Waals surface area contributed by atoms with Crippen LogP contribution in [0.5, 0.6) is 0 Å². The number of hydrogen-bond acceptors (Lipinski definition) is 5.